The van der Waals surface area contributed by atoms with Gasteiger partial charge in [-0.25, -0.2) is 19.4 Å². The van der Waals surface area contributed by atoms with Crippen LogP contribution in [0.25, 0.3) is 11.0 Å². The van der Waals surface area contributed by atoms with Gasteiger partial charge in [0.05, 0.1) is 47.7 Å². The van der Waals surface area contributed by atoms with Crippen LogP contribution in [0.1, 0.15) is 61.3 Å². The zero-order chi connectivity index (χ0) is 19.9. The zero-order valence-corrected chi connectivity index (χ0v) is 16.6. The smallest absolute Gasteiger partial charge is 0.339 e. The van der Waals surface area contributed by atoms with Crippen LogP contribution in [0.5, 0.6) is 0 Å². The molecule has 146 valence electrons. The molecular weight excluding hydrogens is 356 g/mol. The van der Waals surface area contributed by atoms with E-state index in [1.54, 1.807) is 12.3 Å². The molecule has 0 saturated heterocycles. The standard InChI is InChI=1S/C20H24N6O2/c1-20(2,3)26-18-15(10-24-26)17(22-11-23-18)21-9-13-7-8-14(19(27)28-4)16(25-13)12-5-6-12/h7-8,10-12H,5-6,9H2,1-4H3,(H,21,22,23). The molecule has 0 unspecified atom stereocenters. The Morgan fingerprint density at radius 1 is 1.29 bits per heavy atom. The monoisotopic (exact) mass is 380 g/mol. The van der Waals surface area contributed by atoms with E-state index >= 15 is 0 Å². The van der Waals surface area contributed by atoms with Crippen LogP contribution in [-0.2, 0) is 16.8 Å². The van der Waals surface area contributed by atoms with Gasteiger partial charge in [-0.3, -0.25) is 4.98 Å². The summed E-state index contributed by atoms with van der Waals surface area (Å²) < 4.78 is 6.77. The number of nitrogens with one attached hydrogen (secondary N) is 1. The average molecular weight is 380 g/mol. The van der Waals surface area contributed by atoms with Crippen LogP contribution >= 0.6 is 0 Å². The third-order valence-corrected chi connectivity index (χ3v) is 4.79. The van der Waals surface area contributed by atoms with Gasteiger partial charge < -0.3 is 10.1 Å². The summed E-state index contributed by atoms with van der Waals surface area (Å²) in [6.45, 7) is 6.75. The molecule has 8 nitrogen and oxygen atoms in total. The normalized spacial score (nSPS) is 14.3. The Morgan fingerprint density at radius 2 is 2.07 bits per heavy atom. The van der Waals surface area contributed by atoms with Gasteiger partial charge in [-0.05, 0) is 45.7 Å². The molecule has 0 atom stereocenters. The van der Waals surface area contributed by atoms with Gasteiger partial charge in [0.2, 0.25) is 0 Å². The summed E-state index contributed by atoms with van der Waals surface area (Å²) in [6.07, 6.45) is 5.45. The molecule has 3 heterocycles. The molecule has 4 rings (SSSR count). The lowest BCUT2D eigenvalue weighted by Crippen LogP contribution is -2.23. The fraction of sp³-hybridized carbons (Fsp3) is 0.450. The molecule has 1 saturated carbocycles. The number of rotatable bonds is 5. The number of aromatic nitrogens is 5. The lowest BCUT2D eigenvalue weighted by atomic mass is 10.1. The van der Waals surface area contributed by atoms with E-state index in [1.165, 1.54) is 13.4 Å². The number of nitrogens with zero attached hydrogens (tertiary/aromatic N) is 5. The summed E-state index contributed by atoms with van der Waals surface area (Å²) in [4.78, 5) is 25.5. The number of hydrogen-bond donors (Lipinski definition) is 1. The highest BCUT2D eigenvalue weighted by molar-refractivity contribution is 5.91. The Kier molecular flexibility index (Phi) is 4.49. The van der Waals surface area contributed by atoms with Gasteiger partial charge in [-0.2, -0.15) is 5.10 Å². The fourth-order valence-corrected chi connectivity index (χ4v) is 3.22. The van der Waals surface area contributed by atoms with Crippen molar-refractivity contribution in [2.45, 2.75) is 51.6 Å². The second-order valence-corrected chi connectivity index (χ2v) is 8.04. The van der Waals surface area contributed by atoms with Crippen molar-refractivity contribution in [2.24, 2.45) is 0 Å². The summed E-state index contributed by atoms with van der Waals surface area (Å²) in [7, 11) is 1.40. The molecule has 0 spiro atoms. The third-order valence-electron chi connectivity index (χ3n) is 4.79. The number of ether oxygens (including phenoxy) is 1. The molecule has 1 fully saturated rings. The van der Waals surface area contributed by atoms with Gasteiger partial charge in [0, 0.05) is 5.92 Å². The summed E-state index contributed by atoms with van der Waals surface area (Å²) in [5, 5.41) is 8.68. The Hall–Kier alpha value is -3.03. The minimum Gasteiger partial charge on any atom is -0.465 e. The van der Waals surface area contributed by atoms with E-state index in [4.69, 9.17) is 9.72 Å². The van der Waals surface area contributed by atoms with E-state index in [-0.39, 0.29) is 11.5 Å². The van der Waals surface area contributed by atoms with Crippen molar-refractivity contribution in [3.63, 3.8) is 0 Å². The Morgan fingerprint density at radius 3 is 2.75 bits per heavy atom. The highest BCUT2D eigenvalue weighted by atomic mass is 16.5. The Balaban J connectivity index is 1.59. The zero-order valence-electron chi connectivity index (χ0n) is 16.6. The fourth-order valence-electron chi connectivity index (χ4n) is 3.22. The molecule has 1 aliphatic carbocycles. The molecule has 8 heteroatoms. The van der Waals surface area contributed by atoms with E-state index in [0.29, 0.717) is 23.8 Å². The molecule has 28 heavy (non-hydrogen) atoms. The van der Waals surface area contributed by atoms with Crippen molar-refractivity contribution in [3.05, 3.63) is 41.6 Å². The molecule has 1 N–H and O–H groups in total. The van der Waals surface area contributed by atoms with Crippen LogP contribution in [0.3, 0.4) is 0 Å². The van der Waals surface area contributed by atoms with E-state index in [1.807, 2.05) is 10.7 Å². The average Bonchev–Trinajstić information content (AvgIpc) is 3.42. The van der Waals surface area contributed by atoms with Gasteiger partial charge >= 0.3 is 5.97 Å². The number of pyridine rings is 1. The molecule has 0 amide bonds. The third kappa shape index (κ3) is 3.42. The number of fused-ring (bicyclic) bond motifs is 1. The maximum Gasteiger partial charge on any atom is 0.339 e. The Bertz CT molecular complexity index is 1030. The highest BCUT2D eigenvalue weighted by Gasteiger charge is 2.30. The van der Waals surface area contributed by atoms with E-state index in [2.05, 4.69) is 41.2 Å². The first kappa shape index (κ1) is 18.3. The van der Waals surface area contributed by atoms with Crippen molar-refractivity contribution in [3.8, 4) is 0 Å². The summed E-state index contributed by atoms with van der Waals surface area (Å²) in [5.41, 5.74) is 2.86. The van der Waals surface area contributed by atoms with Gasteiger partial charge in [0.25, 0.3) is 0 Å². The molecule has 0 aliphatic heterocycles. The largest absolute Gasteiger partial charge is 0.465 e. The predicted octanol–water partition coefficient (Wildman–Crippen LogP) is 3.25. The number of methoxy groups -OCH3 is 1. The number of anilines is 1. The first-order valence-corrected chi connectivity index (χ1v) is 9.39. The quantitative estimate of drug-likeness (QED) is 0.679. The lowest BCUT2D eigenvalue weighted by Gasteiger charge is -2.19. The molecule has 3 aromatic heterocycles. The van der Waals surface area contributed by atoms with E-state index < -0.39 is 0 Å². The van der Waals surface area contributed by atoms with Crippen molar-refractivity contribution in [1.82, 2.24) is 24.7 Å². The SMILES string of the molecule is COC(=O)c1ccc(CNc2ncnc3c2cnn3C(C)(C)C)nc1C1CC1. The van der Waals surface area contributed by atoms with Crippen LogP contribution in [0.15, 0.2) is 24.7 Å². The van der Waals surface area contributed by atoms with E-state index in [9.17, 15) is 4.79 Å². The van der Waals surface area contributed by atoms with Crippen LogP contribution in [-0.4, -0.2) is 37.8 Å². The van der Waals surface area contributed by atoms with Gasteiger partial charge in [0.15, 0.2) is 5.65 Å². The van der Waals surface area contributed by atoms with Gasteiger partial charge in [-0.1, -0.05) is 0 Å². The number of esters is 1. The number of carbonyl (C=O) groups is 1. The van der Waals surface area contributed by atoms with Crippen LogP contribution < -0.4 is 5.32 Å². The van der Waals surface area contributed by atoms with Gasteiger partial charge in [-0.15, -0.1) is 0 Å². The summed E-state index contributed by atoms with van der Waals surface area (Å²) in [5.74, 6) is 0.734. The topological polar surface area (TPSA) is 94.8 Å². The Labute approximate surface area is 163 Å². The van der Waals surface area contributed by atoms with Crippen LogP contribution in [0, 0.1) is 0 Å². The van der Waals surface area contributed by atoms with Crippen LogP contribution in [0.4, 0.5) is 5.82 Å². The molecule has 0 aromatic carbocycles. The minimum atomic E-state index is -0.332. The minimum absolute atomic E-state index is 0.169. The van der Waals surface area contributed by atoms with E-state index in [0.717, 1.165) is 35.3 Å². The maximum absolute atomic E-state index is 12.0. The highest BCUT2D eigenvalue weighted by Crippen LogP contribution is 2.40. The number of carbonyl (C=O) groups excluding carboxylic acids is 1. The maximum atomic E-state index is 12.0. The lowest BCUT2D eigenvalue weighted by molar-refractivity contribution is 0.0598. The number of hydrogen-bond acceptors (Lipinski definition) is 7. The molecular formula is C20H24N6O2. The van der Waals surface area contributed by atoms with Gasteiger partial charge in [0.1, 0.15) is 12.1 Å². The first-order chi connectivity index (χ1) is 13.4. The second-order valence-electron chi connectivity index (χ2n) is 8.04. The van der Waals surface area contributed by atoms with Crippen LogP contribution in [0.2, 0.25) is 0 Å². The molecule has 0 bridgehead atoms. The van der Waals surface area contributed by atoms with Crippen molar-refractivity contribution in [1.29, 1.82) is 0 Å². The second kappa shape index (κ2) is 6.85. The first-order valence-electron chi connectivity index (χ1n) is 9.39. The van der Waals surface area contributed by atoms with Crippen molar-refractivity contribution in [2.75, 3.05) is 12.4 Å². The van der Waals surface area contributed by atoms with Crippen molar-refractivity contribution >= 4 is 22.8 Å². The molecule has 0 radical (unpaired) electrons. The summed E-state index contributed by atoms with van der Waals surface area (Å²) in [6, 6.07) is 3.65. The van der Waals surface area contributed by atoms with Crippen molar-refractivity contribution < 1.29 is 9.53 Å². The summed E-state index contributed by atoms with van der Waals surface area (Å²) >= 11 is 0. The predicted molar refractivity (Wildman–Crippen MR) is 105 cm³/mol. The molecule has 1 aliphatic rings. The molecule has 3 aromatic rings.